The third-order valence-corrected chi connectivity index (χ3v) is 2.65. The Balaban J connectivity index is 1.93. The lowest BCUT2D eigenvalue weighted by molar-refractivity contribution is -0.121. The molecule has 1 aliphatic rings. The van der Waals surface area contributed by atoms with Gasteiger partial charge in [0.2, 0.25) is 5.91 Å². The summed E-state index contributed by atoms with van der Waals surface area (Å²) in [6, 6.07) is 6.05. The van der Waals surface area contributed by atoms with E-state index in [-0.39, 0.29) is 18.1 Å². The summed E-state index contributed by atoms with van der Waals surface area (Å²) in [7, 11) is 0. The largest absolute Gasteiger partial charge is 0.353 e. The second-order valence-electron chi connectivity index (χ2n) is 4.17. The van der Waals surface area contributed by atoms with E-state index in [9.17, 15) is 9.18 Å². The Bertz CT molecular complexity index is 390. The molecule has 2 rings (SSSR count). The molecule has 1 unspecified atom stereocenters. The molecule has 1 aromatic carbocycles. The van der Waals surface area contributed by atoms with E-state index in [0.29, 0.717) is 11.6 Å². The zero-order valence-corrected chi connectivity index (χ0v) is 8.95. The van der Waals surface area contributed by atoms with Crippen molar-refractivity contribution in [3.05, 3.63) is 35.6 Å². The molecule has 4 heteroatoms. The topological polar surface area (TPSA) is 55.1 Å². The fourth-order valence-electron chi connectivity index (χ4n) is 1.60. The monoisotopic (exact) mass is 222 g/mol. The molecule has 0 radical (unpaired) electrons. The molecule has 1 aromatic rings. The predicted octanol–water partition coefficient (Wildman–Crippen LogP) is 1.49. The normalized spacial score (nSPS) is 16.9. The van der Waals surface area contributed by atoms with Crippen LogP contribution in [0.3, 0.4) is 0 Å². The highest BCUT2D eigenvalue weighted by atomic mass is 19.1. The van der Waals surface area contributed by atoms with Crippen LogP contribution in [0.2, 0.25) is 0 Å². The molecule has 1 atom stereocenters. The number of nitrogens with one attached hydrogen (secondary N) is 1. The molecule has 1 saturated carbocycles. The van der Waals surface area contributed by atoms with Crippen molar-refractivity contribution in [1.82, 2.24) is 5.32 Å². The van der Waals surface area contributed by atoms with Gasteiger partial charge in [-0.05, 0) is 18.9 Å². The van der Waals surface area contributed by atoms with E-state index in [1.54, 1.807) is 18.2 Å². The van der Waals surface area contributed by atoms with Gasteiger partial charge in [0.25, 0.3) is 0 Å². The first-order chi connectivity index (χ1) is 7.66. The summed E-state index contributed by atoms with van der Waals surface area (Å²) in [5.74, 6) is -0.451. The molecule has 1 fully saturated rings. The lowest BCUT2D eigenvalue weighted by Gasteiger charge is -2.12. The number of rotatable bonds is 4. The third kappa shape index (κ3) is 2.79. The number of carbonyl (C=O) groups is 1. The number of amides is 1. The third-order valence-electron chi connectivity index (χ3n) is 2.65. The standard InChI is InChI=1S/C12H15FN2O/c13-10-4-2-1-3-9(10)11(14)7-12(16)15-8-5-6-8/h1-4,8,11H,5-7,14H2,(H,15,16). The highest BCUT2D eigenvalue weighted by Crippen LogP contribution is 2.21. The molecule has 0 heterocycles. The molecule has 3 N–H and O–H groups in total. The van der Waals surface area contributed by atoms with Gasteiger partial charge in [0.1, 0.15) is 5.82 Å². The first kappa shape index (κ1) is 11.1. The van der Waals surface area contributed by atoms with Crippen LogP contribution in [0.25, 0.3) is 0 Å². The van der Waals surface area contributed by atoms with Crippen molar-refractivity contribution in [2.24, 2.45) is 5.73 Å². The summed E-state index contributed by atoms with van der Waals surface area (Å²) in [6.07, 6.45) is 2.22. The number of carbonyl (C=O) groups excluding carboxylic acids is 1. The maximum atomic E-state index is 13.4. The summed E-state index contributed by atoms with van der Waals surface area (Å²) in [5.41, 5.74) is 6.19. The van der Waals surface area contributed by atoms with Crippen molar-refractivity contribution in [2.75, 3.05) is 0 Å². The van der Waals surface area contributed by atoms with Gasteiger partial charge in [-0.15, -0.1) is 0 Å². The first-order valence-corrected chi connectivity index (χ1v) is 5.46. The average Bonchev–Trinajstić information content (AvgIpc) is 3.01. The van der Waals surface area contributed by atoms with Crippen molar-refractivity contribution in [2.45, 2.75) is 31.3 Å². The van der Waals surface area contributed by atoms with Gasteiger partial charge in [0.15, 0.2) is 0 Å². The van der Waals surface area contributed by atoms with E-state index in [2.05, 4.69) is 5.32 Å². The van der Waals surface area contributed by atoms with E-state index >= 15 is 0 Å². The number of hydrogen-bond acceptors (Lipinski definition) is 2. The van der Waals surface area contributed by atoms with Crippen LogP contribution in [-0.2, 0) is 4.79 Å². The molecule has 0 aliphatic heterocycles. The van der Waals surface area contributed by atoms with Crippen molar-refractivity contribution >= 4 is 5.91 Å². The van der Waals surface area contributed by atoms with E-state index in [4.69, 9.17) is 5.73 Å². The van der Waals surface area contributed by atoms with Crippen molar-refractivity contribution in [3.63, 3.8) is 0 Å². The van der Waals surface area contributed by atoms with Crippen molar-refractivity contribution in [1.29, 1.82) is 0 Å². The van der Waals surface area contributed by atoms with Crippen LogP contribution in [0.5, 0.6) is 0 Å². The van der Waals surface area contributed by atoms with Gasteiger partial charge >= 0.3 is 0 Å². The Hall–Kier alpha value is -1.42. The number of nitrogens with two attached hydrogens (primary N) is 1. The SMILES string of the molecule is NC(CC(=O)NC1CC1)c1ccccc1F. The lowest BCUT2D eigenvalue weighted by atomic mass is 10.0. The quantitative estimate of drug-likeness (QED) is 0.811. The molecule has 86 valence electrons. The zero-order chi connectivity index (χ0) is 11.5. The second-order valence-corrected chi connectivity index (χ2v) is 4.17. The van der Waals surface area contributed by atoms with Crippen LogP contribution < -0.4 is 11.1 Å². The smallest absolute Gasteiger partial charge is 0.222 e. The van der Waals surface area contributed by atoms with E-state index in [1.165, 1.54) is 6.07 Å². The summed E-state index contributed by atoms with van der Waals surface area (Å²) >= 11 is 0. The van der Waals surface area contributed by atoms with Crippen LogP contribution in [0.1, 0.15) is 30.9 Å². The molecular formula is C12H15FN2O. The fourth-order valence-corrected chi connectivity index (χ4v) is 1.60. The molecule has 1 amide bonds. The van der Waals surface area contributed by atoms with Crippen molar-refractivity contribution in [3.8, 4) is 0 Å². The van der Waals surface area contributed by atoms with Gasteiger partial charge in [-0.3, -0.25) is 4.79 Å². The molecule has 16 heavy (non-hydrogen) atoms. The van der Waals surface area contributed by atoms with Crippen LogP contribution in [0.15, 0.2) is 24.3 Å². The van der Waals surface area contributed by atoms with E-state index in [1.807, 2.05) is 0 Å². The molecule has 0 spiro atoms. The Kier molecular flexibility index (Phi) is 3.19. The highest BCUT2D eigenvalue weighted by Gasteiger charge is 2.24. The second kappa shape index (κ2) is 4.61. The molecule has 0 aromatic heterocycles. The first-order valence-electron chi connectivity index (χ1n) is 5.46. The predicted molar refractivity (Wildman–Crippen MR) is 59.1 cm³/mol. The van der Waals surface area contributed by atoms with E-state index < -0.39 is 6.04 Å². The minimum Gasteiger partial charge on any atom is -0.353 e. The molecular weight excluding hydrogens is 207 g/mol. The van der Waals surface area contributed by atoms with Crippen LogP contribution >= 0.6 is 0 Å². The minimum absolute atomic E-state index is 0.0988. The Morgan fingerprint density at radius 2 is 2.19 bits per heavy atom. The van der Waals surface area contributed by atoms with E-state index in [0.717, 1.165) is 12.8 Å². The van der Waals surface area contributed by atoms with Crippen LogP contribution in [0, 0.1) is 5.82 Å². The van der Waals surface area contributed by atoms with Gasteiger partial charge in [0.05, 0.1) is 0 Å². The Morgan fingerprint density at radius 1 is 1.50 bits per heavy atom. The van der Waals surface area contributed by atoms with Crippen LogP contribution in [0.4, 0.5) is 4.39 Å². The Morgan fingerprint density at radius 3 is 2.81 bits per heavy atom. The average molecular weight is 222 g/mol. The molecule has 1 aliphatic carbocycles. The molecule has 0 saturated heterocycles. The zero-order valence-electron chi connectivity index (χ0n) is 8.95. The van der Waals surface area contributed by atoms with Crippen LogP contribution in [-0.4, -0.2) is 11.9 Å². The summed E-state index contributed by atoms with van der Waals surface area (Å²) < 4.78 is 13.4. The number of halogens is 1. The van der Waals surface area contributed by atoms with Gasteiger partial charge in [-0.1, -0.05) is 18.2 Å². The molecule has 0 bridgehead atoms. The van der Waals surface area contributed by atoms with Gasteiger partial charge in [0, 0.05) is 24.1 Å². The molecule has 3 nitrogen and oxygen atoms in total. The summed E-state index contributed by atoms with van der Waals surface area (Å²) in [4.78, 5) is 11.5. The minimum atomic E-state index is -0.569. The maximum absolute atomic E-state index is 13.4. The van der Waals surface area contributed by atoms with Crippen molar-refractivity contribution < 1.29 is 9.18 Å². The highest BCUT2D eigenvalue weighted by molar-refractivity contribution is 5.77. The van der Waals surface area contributed by atoms with Gasteiger partial charge in [-0.2, -0.15) is 0 Å². The van der Waals surface area contributed by atoms with Gasteiger partial charge in [-0.25, -0.2) is 4.39 Å². The fraction of sp³-hybridized carbons (Fsp3) is 0.417. The summed E-state index contributed by atoms with van der Waals surface area (Å²) in [5, 5.41) is 2.83. The Labute approximate surface area is 93.8 Å². The maximum Gasteiger partial charge on any atom is 0.222 e. The number of hydrogen-bond donors (Lipinski definition) is 2. The number of benzene rings is 1. The summed E-state index contributed by atoms with van der Waals surface area (Å²) in [6.45, 7) is 0. The lowest BCUT2D eigenvalue weighted by Crippen LogP contribution is -2.29. The van der Waals surface area contributed by atoms with Gasteiger partial charge < -0.3 is 11.1 Å².